The molecule has 1 aliphatic heterocycles. The summed E-state index contributed by atoms with van der Waals surface area (Å²) in [7, 11) is 0. The van der Waals surface area contributed by atoms with Gasteiger partial charge in [0.2, 0.25) is 0 Å². The van der Waals surface area contributed by atoms with Crippen molar-refractivity contribution in [3.63, 3.8) is 0 Å². The van der Waals surface area contributed by atoms with Gasteiger partial charge in [-0.2, -0.15) is 0 Å². The van der Waals surface area contributed by atoms with Gasteiger partial charge in [-0.25, -0.2) is 0 Å². The number of aliphatic hydroxyl groups is 4. The van der Waals surface area contributed by atoms with Crippen LogP contribution in [0.1, 0.15) is 213 Å². The highest BCUT2D eigenvalue weighted by molar-refractivity contribution is 5.69. The van der Waals surface area contributed by atoms with Crippen molar-refractivity contribution in [3.8, 4) is 0 Å². The zero-order valence-corrected chi connectivity index (χ0v) is 34.5. The molecule has 316 valence electrons. The van der Waals surface area contributed by atoms with Crippen LogP contribution in [0.5, 0.6) is 0 Å². The van der Waals surface area contributed by atoms with Crippen molar-refractivity contribution in [2.75, 3.05) is 26.4 Å². The topological polar surface area (TPSA) is 135 Å². The molecule has 0 bridgehead atoms. The van der Waals surface area contributed by atoms with E-state index in [1.54, 1.807) is 0 Å². The first-order chi connectivity index (χ1) is 25.9. The molecule has 1 fully saturated rings. The second kappa shape index (κ2) is 36.8. The second-order valence-electron chi connectivity index (χ2n) is 15.9. The molecule has 1 heterocycles. The zero-order valence-electron chi connectivity index (χ0n) is 34.5. The minimum atomic E-state index is -1.53. The first-order valence-electron chi connectivity index (χ1n) is 22.6. The minimum absolute atomic E-state index is 0.107. The first-order valence-corrected chi connectivity index (χ1v) is 22.6. The summed E-state index contributed by atoms with van der Waals surface area (Å²) in [6, 6.07) is 0. The van der Waals surface area contributed by atoms with E-state index in [-0.39, 0.29) is 19.2 Å². The highest BCUT2D eigenvalue weighted by atomic mass is 16.7. The zero-order chi connectivity index (χ0) is 38.6. The van der Waals surface area contributed by atoms with Crippen molar-refractivity contribution in [1.29, 1.82) is 0 Å². The number of unbranched alkanes of at least 4 members (excludes halogenated alkanes) is 28. The summed E-state index contributed by atoms with van der Waals surface area (Å²) in [5.74, 6) is -0.311. The molecule has 1 aliphatic rings. The average Bonchev–Trinajstić information content (AvgIpc) is 3.16. The van der Waals surface area contributed by atoms with Gasteiger partial charge in [0, 0.05) is 13.0 Å². The summed E-state index contributed by atoms with van der Waals surface area (Å²) in [6.07, 6.45) is 31.7. The largest absolute Gasteiger partial charge is 0.457 e. The second-order valence-corrected chi connectivity index (χ2v) is 15.9. The number of aliphatic hydroxyl groups excluding tert-OH is 4. The SMILES string of the molecule is CCCCCCCCCCCCCCCCCCCCCCCCCCC(=O)OC(COCCCCCCCC)COC1OC(CO)C(O)C(O)C1O. The third kappa shape index (κ3) is 28.3. The lowest BCUT2D eigenvalue weighted by atomic mass is 9.99. The van der Waals surface area contributed by atoms with E-state index < -0.39 is 43.4 Å². The van der Waals surface area contributed by atoms with Gasteiger partial charge in [-0.3, -0.25) is 4.79 Å². The van der Waals surface area contributed by atoms with Crippen LogP contribution in [0, 0.1) is 0 Å². The molecule has 0 aromatic rings. The van der Waals surface area contributed by atoms with Gasteiger partial charge in [0.1, 0.15) is 30.5 Å². The summed E-state index contributed by atoms with van der Waals surface area (Å²) in [5, 5.41) is 39.9. The Hall–Kier alpha value is -0.810. The molecule has 1 rings (SSSR count). The van der Waals surface area contributed by atoms with Crippen LogP contribution in [0.4, 0.5) is 0 Å². The van der Waals surface area contributed by atoms with Crippen molar-refractivity contribution in [1.82, 2.24) is 0 Å². The summed E-state index contributed by atoms with van der Waals surface area (Å²) in [5.41, 5.74) is 0. The van der Waals surface area contributed by atoms with E-state index in [1.807, 2.05) is 0 Å². The van der Waals surface area contributed by atoms with Crippen molar-refractivity contribution < 1.29 is 44.2 Å². The van der Waals surface area contributed by atoms with E-state index in [0.717, 1.165) is 32.1 Å². The van der Waals surface area contributed by atoms with Crippen LogP contribution < -0.4 is 0 Å². The standard InChI is InChI=1S/C44H86O9/c1-3-5-7-9-11-12-13-14-15-16-17-18-19-20-21-22-23-24-25-26-27-28-29-31-33-40(46)52-38(36-50-34-32-30-10-8-6-4-2)37-51-44-43(49)42(48)41(47)39(35-45)53-44/h38-39,41-45,47-49H,3-37H2,1-2H3. The Balaban J connectivity index is 2.09. The Bertz CT molecular complexity index is 782. The molecule has 0 saturated carbocycles. The number of rotatable bonds is 39. The number of hydrogen-bond donors (Lipinski definition) is 4. The molecule has 6 unspecified atom stereocenters. The molecule has 0 radical (unpaired) electrons. The van der Waals surface area contributed by atoms with Gasteiger partial charge in [0.25, 0.3) is 0 Å². The highest BCUT2D eigenvalue weighted by Gasteiger charge is 2.44. The van der Waals surface area contributed by atoms with Crippen LogP contribution in [0.3, 0.4) is 0 Å². The van der Waals surface area contributed by atoms with E-state index in [2.05, 4.69) is 13.8 Å². The van der Waals surface area contributed by atoms with Crippen LogP contribution in [-0.2, 0) is 23.7 Å². The predicted octanol–water partition coefficient (Wildman–Crippen LogP) is 9.86. The monoisotopic (exact) mass is 759 g/mol. The molecule has 4 N–H and O–H groups in total. The molecule has 0 aliphatic carbocycles. The quantitative estimate of drug-likeness (QED) is 0.0357. The molecule has 9 nitrogen and oxygen atoms in total. The van der Waals surface area contributed by atoms with Gasteiger partial charge in [-0.05, 0) is 12.8 Å². The normalized spacial score (nSPS) is 20.9. The van der Waals surface area contributed by atoms with E-state index in [4.69, 9.17) is 18.9 Å². The lowest BCUT2D eigenvalue weighted by molar-refractivity contribution is -0.305. The number of ether oxygens (including phenoxy) is 4. The van der Waals surface area contributed by atoms with Gasteiger partial charge in [-0.1, -0.05) is 194 Å². The van der Waals surface area contributed by atoms with Crippen LogP contribution in [-0.4, -0.2) is 89.6 Å². The van der Waals surface area contributed by atoms with Gasteiger partial charge < -0.3 is 39.4 Å². The summed E-state index contributed by atoms with van der Waals surface area (Å²) >= 11 is 0. The van der Waals surface area contributed by atoms with Crippen LogP contribution in [0.2, 0.25) is 0 Å². The first kappa shape index (κ1) is 50.2. The van der Waals surface area contributed by atoms with E-state index in [0.29, 0.717) is 13.0 Å². The molecule has 6 atom stereocenters. The Morgan fingerprint density at radius 1 is 0.528 bits per heavy atom. The van der Waals surface area contributed by atoms with Crippen LogP contribution >= 0.6 is 0 Å². The van der Waals surface area contributed by atoms with Crippen molar-refractivity contribution >= 4 is 5.97 Å². The van der Waals surface area contributed by atoms with Crippen molar-refractivity contribution in [3.05, 3.63) is 0 Å². The summed E-state index contributed by atoms with van der Waals surface area (Å²) < 4.78 is 22.6. The van der Waals surface area contributed by atoms with Crippen LogP contribution in [0.15, 0.2) is 0 Å². The molecule has 0 amide bonds. The predicted molar refractivity (Wildman–Crippen MR) is 215 cm³/mol. The molecule has 0 spiro atoms. The maximum absolute atomic E-state index is 12.7. The van der Waals surface area contributed by atoms with E-state index in [1.165, 1.54) is 161 Å². The number of esters is 1. The van der Waals surface area contributed by atoms with Crippen molar-refractivity contribution in [2.45, 2.75) is 250 Å². The smallest absolute Gasteiger partial charge is 0.306 e. The Morgan fingerprint density at radius 2 is 0.925 bits per heavy atom. The Labute approximate surface area is 325 Å². The molecular formula is C44H86O9. The fraction of sp³-hybridized carbons (Fsp3) is 0.977. The fourth-order valence-electron chi connectivity index (χ4n) is 7.20. The number of carbonyl (C=O) groups excluding carboxylic acids is 1. The average molecular weight is 759 g/mol. The third-order valence-corrected chi connectivity index (χ3v) is 10.8. The van der Waals surface area contributed by atoms with Gasteiger partial charge >= 0.3 is 5.97 Å². The van der Waals surface area contributed by atoms with Crippen LogP contribution in [0.25, 0.3) is 0 Å². The minimum Gasteiger partial charge on any atom is -0.457 e. The fourth-order valence-corrected chi connectivity index (χ4v) is 7.20. The maximum Gasteiger partial charge on any atom is 0.306 e. The Morgan fingerprint density at radius 3 is 1.34 bits per heavy atom. The van der Waals surface area contributed by atoms with Gasteiger partial charge in [0.15, 0.2) is 6.29 Å². The summed E-state index contributed by atoms with van der Waals surface area (Å²) in [6.45, 7) is 4.54. The number of hydrogen-bond acceptors (Lipinski definition) is 9. The highest BCUT2D eigenvalue weighted by Crippen LogP contribution is 2.23. The molecular weight excluding hydrogens is 672 g/mol. The van der Waals surface area contributed by atoms with Gasteiger partial charge in [0.05, 0.1) is 19.8 Å². The molecule has 9 heteroatoms. The molecule has 53 heavy (non-hydrogen) atoms. The summed E-state index contributed by atoms with van der Waals surface area (Å²) in [4.78, 5) is 12.7. The third-order valence-electron chi connectivity index (χ3n) is 10.8. The van der Waals surface area contributed by atoms with Crippen molar-refractivity contribution in [2.24, 2.45) is 0 Å². The van der Waals surface area contributed by atoms with E-state index >= 15 is 0 Å². The molecule has 0 aromatic heterocycles. The maximum atomic E-state index is 12.7. The van der Waals surface area contributed by atoms with Gasteiger partial charge in [-0.15, -0.1) is 0 Å². The lowest BCUT2D eigenvalue weighted by Gasteiger charge is -2.39. The van der Waals surface area contributed by atoms with E-state index in [9.17, 15) is 25.2 Å². The Kier molecular flexibility index (Phi) is 34.9. The molecule has 0 aromatic carbocycles. The molecule has 1 saturated heterocycles. The number of carbonyl (C=O) groups is 1. The lowest BCUT2D eigenvalue weighted by Crippen LogP contribution is -2.59.